The van der Waals surface area contributed by atoms with Gasteiger partial charge in [0, 0.05) is 6.20 Å². The number of benzene rings is 1. The maximum Gasteiger partial charge on any atom is 0.501 e. The molecule has 0 spiro atoms. The fourth-order valence-corrected chi connectivity index (χ4v) is 3.80. The third-order valence-corrected chi connectivity index (χ3v) is 6.22. The first-order valence-corrected chi connectivity index (χ1v) is 10.9. The Bertz CT molecular complexity index is 1360. The van der Waals surface area contributed by atoms with Crippen LogP contribution >= 0.6 is 0 Å². The summed E-state index contributed by atoms with van der Waals surface area (Å²) in [5, 5.41) is 10.5. The quantitative estimate of drug-likeness (QED) is 0.533. The van der Waals surface area contributed by atoms with Crippen LogP contribution in [0, 0.1) is 6.92 Å². The highest BCUT2D eigenvalue weighted by molar-refractivity contribution is 7.92. The Kier molecular flexibility index (Phi) is 6.36. The number of carbonyl (C=O) groups is 1. The highest BCUT2D eigenvalue weighted by atomic mass is 32.2. The predicted molar refractivity (Wildman–Crippen MR) is 109 cm³/mol. The van der Waals surface area contributed by atoms with Gasteiger partial charge in [-0.3, -0.25) is 4.57 Å². The number of alkyl halides is 3. The summed E-state index contributed by atoms with van der Waals surface area (Å²) in [6.45, 7) is 3.19. The molecule has 0 radical (unpaired) electrons. The van der Waals surface area contributed by atoms with Gasteiger partial charge in [-0.15, -0.1) is 0 Å². The number of esters is 1. The van der Waals surface area contributed by atoms with Crippen molar-refractivity contribution in [1.82, 2.24) is 14.1 Å². The van der Waals surface area contributed by atoms with Crippen LogP contribution in [-0.4, -0.2) is 45.7 Å². The van der Waals surface area contributed by atoms with Crippen molar-refractivity contribution < 1.29 is 36.2 Å². The highest BCUT2D eigenvalue weighted by Gasteiger charge is 2.46. The second kappa shape index (κ2) is 8.73. The normalized spacial score (nSPS) is 12.0. The van der Waals surface area contributed by atoms with Crippen molar-refractivity contribution in [3.63, 3.8) is 0 Å². The van der Waals surface area contributed by atoms with E-state index in [9.17, 15) is 36.3 Å². The van der Waals surface area contributed by atoms with Crippen LogP contribution in [0.25, 0.3) is 5.69 Å². The molecule has 9 nitrogen and oxygen atoms in total. The minimum atomic E-state index is -5.55. The van der Waals surface area contributed by atoms with Crippen molar-refractivity contribution in [3.8, 4) is 11.6 Å². The van der Waals surface area contributed by atoms with Crippen LogP contribution < -0.4 is 5.69 Å². The molecule has 0 atom stereocenters. The van der Waals surface area contributed by atoms with Crippen LogP contribution in [0.3, 0.4) is 0 Å². The van der Waals surface area contributed by atoms with Crippen molar-refractivity contribution >= 4 is 15.8 Å². The summed E-state index contributed by atoms with van der Waals surface area (Å²) in [7, 11) is -5.55. The average molecular weight is 485 g/mol. The van der Waals surface area contributed by atoms with E-state index >= 15 is 0 Å². The molecule has 3 aromatic rings. The summed E-state index contributed by atoms with van der Waals surface area (Å²) >= 11 is 0. The van der Waals surface area contributed by atoms with E-state index in [1.807, 2.05) is 0 Å². The smallest absolute Gasteiger partial charge is 0.493 e. The summed E-state index contributed by atoms with van der Waals surface area (Å²) in [4.78, 5) is 27.7. The van der Waals surface area contributed by atoms with E-state index < -0.39 is 37.8 Å². The SMILES string of the molecule is CCOC(=O)c1cc(Cn2c(C)c(O)n(-c3ccc(S(=O)(=O)C(F)(F)F)cc3)c2=O)ccn1. The largest absolute Gasteiger partial charge is 0.501 e. The first kappa shape index (κ1) is 24.0. The predicted octanol–water partition coefficient (Wildman–Crippen LogP) is 2.57. The number of hydrogen-bond donors (Lipinski definition) is 1. The van der Waals surface area contributed by atoms with Crippen LogP contribution in [-0.2, 0) is 21.1 Å². The molecular weight excluding hydrogens is 467 g/mol. The van der Waals surface area contributed by atoms with Crippen LogP contribution in [0.1, 0.15) is 28.7 Å². The van der Waals surface area contributed by atoms with Gasteiger partial charge in [0.15, 0.2) is 0 Å². The summed E-state index contributed by atoms with van der Waals surface area (Å²) in [6.07, 6.45) is 1.36. The number of carbonyl (C=O) groups excluding carboxylic acids is 1. The summed E-state index contributed by atoms with van der Waals surface area (Å²) in [6, 6.07) is 6.34. The number of rotatable bonds is 6. The molecule has 0 saturated carbocycles. The minimum absolute atomic E-state index is 0.0326. The number of pyridine rings is 1. The molecule has 0 saturated heterocycles. The van der Waals surface area contributed by atoms with Crippen LogP contribution in [0.5, 0.6) is 5.88 Å². The lowest BCUT2D eigenvalue weighted by Gasteiger charge is -2.09. The van der Waals surface area contributed by atoms with E-state index in [0.717, 1.165) is 16.7 Å². The van der Waals surface area contributed by atoms with Gasteiger partial charge in [-0.1, -0.05) is 0 Å². The van der Waals surface area contributed by atoms with E-state index in [0.29, 0.717) is 17.7 Å². The lowest BCUT2D eigenvalue weighted by atomic mass is 10.2. The molecule has 0 unspecified atom stereocenters. The Morgan fingerprint density at radius 3 is 2.39 bits per heavy atom. The number of hydrogen-bond acceptors (Lipinski definition) is 7. The van der Waals surface area contributed by atoms with Gasteiger partial charge in [0.1, 0.15) is 5.69 Å². The average Bonchev–Trinajstić information content (AvgIpc) is 2.96. The fourth-order valence-electron chi connectivity index (χ4n) is 3.04. The lowest BCUT2D eigenvalue weighted by Crippen LogP contribution is -2.25. The van der Waals surface area contributed by atoms with Crippen LogP contribution in [0.2, 0.25) is 0 Å². The van der Waals surface area contributed by atoms with Gasteiger partial charge in [0.25, 0.3) is 9.84 Å². The zero-order chi connectivity index (χ0) is 24.6. The molecule has 0 bridgehead atoms. The van der Waals surface area contributed by atoms with Crippen molar-refractivity contribution in [2.75, 3.05) is 6.61 Å². The molecule has 33 heavy (non-hydrogen) atoms. The number of aromatic hydroxyl groups is 1. The number of aromatic nitrogens is 3. The second-order valence-electron chi connectivity index (χ2n) is 6.83. The molecule has 0 fully saturated rings. The molecule has 1 aromatic carbocycles. The maximum absolute atomic E-state index is 12.9. The summed E-state index contributed by atoms with van der Waals surface area (Å²) < 4.78 is 68.2. The lowest BCUT2D eigenvalue weighted by molar-refractivity contribution is -0.0436. The first-order valence-electron chi connectivity index (χ1n) is 9.43. The molecular formula is C20H18F3N3O6S. The summed E-state index contributed by atoms with van der Waals surface area (Å²) in [5.74, 6) is -1.12. The topological polar surface area (TPSA) is 120 Å². The van der Waals surface area contributed by atoms with Crippen molar-refractivity contribution in [2.45, 2.75) is 30.8 Å². The van der Waals surface area contributed by atoms with Gasteiger partial charge >= 0.3 is 17.2 Å². The van der Waals surface area contributed by atoms with E-state index in [1.54, 1.807) is 13.0 Å². The zero-order valence-electron chi connectivity index (χ0n) is 17.3. The van der Waals surface area contributed by atoms with Gasteiger partial charge in [0.05, 0.1) is 29.4 Å². The Balaban J connectivity index is 1.98. The summed E-state index contributed by atoms with van der Waals surface area (Å²) in [5.41, 5.74) is -5.57. The van der Waals surface area contributed by atoms with Gasteiger partial charge in [-0.05, 0) is 55.8 Å². The maximum atomic E-state index is 12.9. The van der Waals surface area contributed by atoms with E-state index in [1.165, 1.54) is 23.8 Å². The van der Waals surface area contributed by atoms with Crippen LogP contribution in [0.15, 0.2) is 52.3 Å². The Morgan fingerprint density at radius 1 is 1.18 bits per heavy atom. The Morgan fingerprint density at radius 2 is 1.82 bits per heavy atom. The van der Waals surface area contributed by atoms with Crippen molar-refractivity contribution in [1.29, 1.82) is 0 Å². The van der Waals surface area contributed by atoms with Gasteiger partial charge < -0.3 is 9.84 Å². The molecule has 1 N–H and O–H groups in total. The van der Waals surface area contributed by atoms with E-state index in [-0.39, 0.29) is 30.2 Å². The Labute approximate surface area is 185 Å². The molecule has 2 aromatic heterocycles. The number of ether oxygens (including phenoxy) is 1. The molecule has 0 aliphatic carbocycles. The number of sulfone groups is 1. The van der Waals surface area contributed by atoms with Crippen molar-refractivity contribution in [2.24, 2.45) is 0 Å². The van der Waals surface area contributed by atoms with Gasteiger partial charge in [-0.2, -0.15) is 13.2 Å². The molecule has 0 aliphatic rings. The second-order valence-corrected chi connectivity index (χ2v) is 8.77. The Hall–Kier alpha value is -3.61. The van der Waals surface area contributed by atoms with Crippen molar-refractivity contribution in [3.05, 3.63) is 70.0 Å². The fraction of sp³-hybridized carbons (Fsp3) is 0.250. The standard InChI is InChI=1S/C20H18F3N3O6S/c1-3-32-18(28)16-10-13(8-9-24-16)11-25-12(2)17(27)26(19(25)29)14-4-6-15(7-5-14)33(30,31)20(21,22)23/h4-10,27H,3,11H2,1-2H3. The van der Waals surface area contributed by atoms with E-state index in [4.69, 9.17) is 4.74 Å². The minimum Gasteiger partial charge on any atom is -0.493 e. The van der Waals surface area contributed by atoms with Gasteiger partial charge in [0.2, 0.25) is 5.88 Å². The highest BCUT2D eigenvalue weighted by Crippen LogP contribution is 2.31. The number of halogens is 3. The molecule has 3 rings (SSSR count). The molecule has 0 amide bonds. The number of nitrogens with zero attached hydrogens (tertiary/aromatic N) is 3. The number of imidazole rings is 1. The first-order chi connectivity index (χ1) is 15.4. The third-order valence-electron chi connectivity index (χ3n) is 4.72. The third kappa shape index (κ3) is 4.49. The zero-order valence-corrected chi connectivity index (χ0v) is 18.1. The molecule has 176 valence electrons. The van der Waals surface area contributed by atoms with E-state index in [2.05, 4.69) is 4.98 Å². The molecule has 2 heterocycles. The molecule has 13 heteroatoms. The van der Waals surface area contributed by atoms with Gasteiger partial charge in [-0.25, -0.2) is 27.6 Å². The van der Waals surface area contributed by atoms with Crippen LogP contribution in [0.4, 0.5) is 13.2 Å². The monoisotopic (exact) mass is 485 g/mol. The molecule has 0 aliphatic heterocycles.